The predicted octanol–water partition coefficient (Wildman–Crippen LogP) is 0.414. The molecule has 0 fully saturated rings. The van der Waals surface area contributed by atoms with E-state index in [0.717, 1.165) is 0 Å². The third-order valence-electron chi connectivity index (χ3n) is 2.57. The molecule has 19 heavy (non-hydrogen) atoms. The van der Waals surface area contributed by atoms with Gasteiger partial charge in [0.1, 0.15) is 4.90 Å². The van der Waals surface area contributed by atoms with Crippen molar-refractivity contribution in [1.29, 1.82) is 0 Å². The zero-order valence-corrected chi connectivity index (χ0v) is 12.0. The summed E-state index contributed by atoms with van der Waals surface area (Å²) in [5, 5.41) is 0. The van der Waals surface area contributed by atoms with E-state index in [1.807, 2.05) is 6.92 Å². The number of nitrogens with zero attached hydrogens (tertiary/aromatic N) is 2. The van der Waals surface area contributed by atoms with Crippen LogP contribution in [0.15, 0.2) is 23.2 Å². The van der Waals surface area contributed by atoms with Crippen LogP contribution in [0.1, 0.15) is 13.8 Å². The van der Waals surface area contributed by atoms with Crippen molar-refractivity contribution < 1.29 is 13.2 Å². The Bertz CT molecular complexity index is 492. The molecule has 0 amide bonds. The first-order chi connectivity index (χ1) is 9.07. The summed E-state index contributed by atoms with van der Waals surface area (Å²) in [5.41, 5.74) is 2.30. The van der Waals surface area contributed by atoms with Crippen LogP contribution in [0.5, 0.6) is 0 Å². The normalized spacial score (nSPS) is 11.8. The van der Waals surface area contributed by atoms with Gasteiger partial charge in [0, 0.05) is 25.9 Å². The number of nitrogens with one attached hydrogen (secondary N) is 1. The number of nitrogens with two attached hydrogens (primary N) is 1. The van der Waals surface area contributed by atoms with E-state index in [2.05, 4.69) is 10.4 Å². The van der Waals surface area contributed by atoms with Crippen LogP contribution in [-0.2, 0) is 14.8 Å². The van der Waals surface area contributed by atoms with Crippen LogP contribution in [-0.4, -0.2) is 44.0 Å². The molecule has 0 aromatic carbocycles. The Morgan fingerprint density at radius 1 is 1.47 bits per heavy atom. The Morgan fingerprint density at radius 2 is 2.21 bits per heavy atom. The third kappa shape index (κ3) is 3.87. The van der Waals surface area contributed by atoms with Crippen LogP contribution in [0.4, 0.5) is 5.82 Å². The Hall–Kier alpha value is -1.22. The number of hydrogen-bond donors (Lipinski definition) is 2. The van der Waals surface area contributed by atoms with E-state index in [-0.39, 0.29) is 10.7 Å². The van der Waals surface area contributed by atoms with Crippen LogP contribution in [0.25, 0.3) is 0 Å². The highest BCUT2D eigenvalue weighted by atomic mass is 32.2. The van der Waals surface area contributed by atoms with Gasteiger partial charge in [0.25, 0.3) is 0 Å². The molecule has 0 saturated carbocycles. The van der Waals surface area contributed by atoms with Gasteiger partial charge >= 0.3 is 0 Å². The second-order valence-electron chi connectivity index (χ2n) is 3.69. The number of rotatable bonds is 8. The quantitative estimate of drug-likeness (QED) is 0.408. The Morgan fingerprint density at radius 3 is 2.79 bits per heavy atom. The fraction of sp³-hybridized carbons (Fsp3) is 0.545. The van der Waals surface area contributed by atoms with Crippen molar-refractivity contribution in [2.45, 2.75) is 18.7 Å². The molecular formula is C11H20N4O3S. The molecule has 0 aliphatic carbocycles. The highest BCUT2D eigenvalue weighted by Crippen LogP contribution is 2.21. The summed E-state index contributed by atoms with van der Waals surface area (Å²) in [6.07, 6.45) is 1.48. The molecule has 8 heteroatoms. The lowest BCUT2D eigenvalue weighted by Gasteiger charge is -2.21. The minimum atomic E-state index is -3.63. The summed E-state index contributed by atoms with van der Waals surface area (Å²) >= 11 is 0. The summed E-state index contributed by atoms with van der Waals surface area (Å²) in [6.45, 7) is 5.20. The van der Waals surface area contributed by atoms with Gasteiger partial charge in [-0.3, -0.25) is 0 Å². The summed E-state index contributed by atoms with van der Waals surface area (Å²) < 4.78 is 31.5. The average molecular weight is 288 g/mol. The van der Waals surface area contributed by atoms with E-state index < -0.39 is 10.0 Å². The summed E-state index contributed by atoms with van der Waals surface area (Å²) in [5.74, 6) is 5.43. The lowest BCUT2D eigenvalue weighted by Crippen LogP contribution is -2.34. The monoisotopic (exact) mass is 288 g/mol. The highest BCUT2D eigenvalue weighted by molar-refractivity contribution is 7.89. The SMILES string of the molecule is CCOCCN(CC)S(=O)(=O)c1cccnc1NN. The van der Waals surface area contributed by atoms with Crippen molar-refractivity contribution in [3.63, 3.8) is 0 Å². The Balaban J connectivity index is 2.99. The largest absolute Gasteiger partial charge is 0.380 e. The zero-order valence-electron chi connectivity index (χ0n) is 11.2. The lowest BCUT2D eigenvalue weighted by molar-refractivity contribution is 0.135. The first kappa shape index (κ1) is 15.8. The predicted molar refractivity (Wildman–Crippen MR) is 73.0 cm³/mol. The van der Waals surface area contributed by atoms with Gasteiger partial charge in [-0.1, -0.05) is 6.92 Å². The fourth-order valence-corrected chi connectivity index (χ4v) is 3.14. The zero-order chi connectivity index (χ0) is 14.3. The number of aromatic nitrogens is 1. The Kier molecular flexibility index (Phi) is 6.16. The van der Waals surface area contributed by atoms with Crippen molar-refractivity contribution in [2.24, 2.45) is 5.84 Å². The number of sulfonamides is 1. The molecule has 108 valence electrons. The number of hydrogen-bond acceptors (Lipinski definition) is 6. The minimum absolute atomic E-state index is 0.0656. The molecule has 1 aromatic rings. The van der Waals surface area contributed by atoms with Gasteiger partial charge in [0.05, 0.1) is 6.61 Å². The van der Waals surface area contributed by atoms with Crippen LogP contribution < -0.4 is 11.3 Å². The minimum Gasteiger partial charge on any atom is -0.380 e. The molecule has 1 aromatic heterocycles. The van der Waals surface area contributed by atoms with Gasteiger partial charge in [-0.05, 0) is 19.1 Å². The molecule has 0 radical (unpaired) electrons. The molecule has 0 aliphatic heterocycles. The maximum absolute atomic E-state index is 12.5. The molecule has 0 bridgehead atoms. The molecule has 1 rings (SSSR count). The van der Waals surface area contributed by atoms with Gasteiger partial charge in [-0.15, -0.1) is 0 Å². The Labute approximate surface area is 113 Å². The molecule has 0 saturated heterocycles. The van der Waals surface area contributed by atoms with Crippen molar-refractivity contribution in [2.75, 3.05) is 31.7 Å². The highest BCUT2D eigenvalue weighted by Gasteiger charge is 2.26. The third-order valence-corrected chi connectivity index (χ3v) is 4.57. The summed E-state index contributed by atoms with van der Waals surface area (Å²) in [7, 11) is -3.63. The molecule has 1 heterocycles. The number of pyridine rings is 1. The summed E-state index contributed by atoms with van der Waals surface area (Å²) in [4.78, 5) is 3.97. The standard InChI is InChI=1S/C11H20N4O3S/c1-3-15(8-9-18-4-2)19(16,17)10-6-5-7-13-11(10)14-12/h5-7H,3-4,8-9,12H2,1-2H3,(H,13,14). The summed E-state index contributed by atoms with van der Waals surface area (Å²) in [6, 6.07) is 3.03. The second-order valence-corrected chi connectivity index (χ2v) is 5.59. The first-order valence-corrected chi connectivity index (χ1v) is 7.51. The molecule has 0 unspecified atom stereocenters. The topological polar surface area (TPSA) is 97.5 Å². The van der Waals surface area contributed by atoms with Crippen LogP contribution >= 0.6 is 0 Å². The maximum Gasteiger partial charge on any atom is 0.246 e. The van der Waals surface area contributed by atoms with E-state index in [4.69, 9.17) is 10.6 Å². The average Bonchev–Trinajstić information content (AvgIpc) is 2.43. The molecule has 0 aliphatic rings. The van der Waals surface area contributed by atoms with E-state index >= 15 is 0 Å². The van der Waals surface area contributed by atoms with Crippen LogP contribution in [0.3, 0.4) is 0 Å². The molecule has 0 atom stereocenters. The van der Waals surface area contributed by atoms with E-state index in [0.29, 0.717) is 26.3 Å². The van der Waals surface area contributed by atoms with Crippen LogP contribution in [0.2, 0.25) is 0 Å². The van der Waals surface area contributed by atoms with Gasteiger partial charge in [0.15, 0.2) is 5.82 Å². The first-order valence-electron chi connectivity index (χ1n) is 6.07. The maximum atomic E-state index is 12.5. The number of ether oxygens (including phenoxy) is 1. The van der Waals surface area contributed by atoms with Gasteiger partial charge in [-0.2, -0.15) is 4.31 Å². The van der Waals surface area contributed by atoms with Crippen molar-refractivity contribution in [3.05, 3.63) is 18.3 Å². The van der Waals surface area contributed by atoms with Crippen LogP contribution in [0, 0.1) is 0 Å². The van der Waals surface area contributed by atoms with E-state index in [1.165, 1.54) is 16.6 Å². The van der Waals surface area contributed by atoms with Gasteiger partial charge in [-0.25, -0.2) is 19.2 Å². The van der Waals surface area contributed by atoms with Gasteiger partial charge < -0.3 is 10.2 Å². The van der Waals surface area contributed by atoms with E-state index in [9.17, 15) is 8.42 Å². The van der Waals surface area contributed by atoms with Crippen molar-refractivity contribution >= 4 is 15.8 Å². The van der Waals surface area contributed by atoms with Crippen molar-refractivity contribution in [3.8, 4) is 0 Å². The van der Waals surface area contributed by atoms with Gasteiger partial charge in [0.2, 0.25) is 10.0 Å². The smallest absolute Gasteiger partial charge is 0.246 e. The van der Waals surface area contributed by atoms with E-state index in [1.54, 1.807) is 13.0 Å². The fourth-order valence-electron chi connectivity index (χ4n) is 1.61. The van der Waals surface area contributed by atoms with Crippen molar-refractivity contribution in [1.82, 2.24) is 9.29 Å². The lowest BCUT2D eigenvalue weighted by atomic mass is 10.5. The molecule has 3 N–H and O–H groups in total. The number of likely N-dealkylation sites (N-methyl/N-ethyl adjacent to an activating group) is 1. The molecule has 7 nitrogen and oxygen atoms in total. The number of anilines is 1. The molecular weight excluding hydrogens is 268 g/mol. The molecule has 0 spiro atoms. The number of nitrogen functional groups attached to an aromatic ring is 1. The second kappa shape index (κ2) is 7.39. The number of hydrazine groups is 1.